The zero-order chi connectivity index (χ0) is 51.1. The Hall–Kier alpha value is -9.24. The zero-order valence-corrected chi connectivity index (χ0v) is 43.3. The molecule has 362 valence electrons. The van der Waals surface area contributed by atoms with Crippen LogP contribution in [0.25, 0.3) is 77.2 Å². The molecule has 76 heavy (non-hydrogen) atoms. The van der Waals surface area contributed by atoms with Crippen LogP contribution in [0.4, 0.5) is 34.1 Å². The minimum atomic E-state index is -0.283. The molecule has 2 aliphatic heterocycles. The summed E-state index contributed by atoms with van der Waals surface area (Å²) >= 11 is 0. The highest BCUT2D eigenvalue weighted by Gasteiger charge is 2.46. The van der Waals surface area contributed by atoms with Gasteiger partial charge in [0, 0.05) is 27.6 Å². The standard InChI is InChI=1S/C74H56N2/c1-73(2)65-45-59(50-19-10-6-11-20-50)35-41-70(65)76-71-42-36-60(51-21-12-7-13-22-51)46-66(71)74(3,4)68-48-61(47-67(73)72(68)76)58-30-29-56-43-55(27-28-57(56)44-58)53-33-39-63(40-34-53)75(69-26-16-24-54-23-14-15-25-64(54)69)62-37-31-52(32-38-62)49-17-8-5-9-18-49/h5-48H,1-4H3. The number of hydrogen-bond acceptors (Lipinski definition) is 2. The molecule has 2 nitrogen and oxygen atoms in total. The largest absolute Gasteiger partial charge is 0.310 e. The van der Waals surface area contributed by atoms with Crippen molar-refractivity contribution < 1.29 is 0 Å². The van der Waals surface area contributed by atoms with Crippen LogP contribution in [0.2, 0.25) is 0 Å². The molecular weight excluding hydrogens is 917 g/mol. The van der Waals surface area contributed by atoms with Gasteiger partial charge < -0.3 is 9.80 Å². The van der Waals surface area contributed by atoms with Crippen LogP contribution in [0.15, 0.2) is 267 Å². The zero-order valence-electron chi connectivity index (χ0n) is 43.3. The number of anilines is 6. The van der Waals surface area contributed by atoms with Gasteiger partial charge in [0.2, 0.25) is 0 Å². The van der Waals surface area contributed by atoms with Crippen LogP contribution in [0.1, 0.15) is 49.9 Å². The van der Waals surface area contributed by atoms with Crippen LogP contribution in [0, 0.1) is 0 Å². The van der Waals surface area contributed by atoms with Gasteiger partial charge in [0.15, 0.2) is 0 Å². The van der Waals surface area contributed by atoms with Gasteiger partial charge >= 0.3 is 0 Å². The lowest BCUT2D eigenvalue weighted by Gasteiger charge is -2.50. The van der Waals surface area contributed by atoms with Crippen molar-refractivity contribution in [1.29, 1.82) is 0 Å². The van der Waals surface area contributed by atoms with E-state index in [0.717, 1.165) is 17.1 Å². The summed E-state index contributed by atoms with van der Waals surface area (Å²) in [6.07, 6.45) is 0. The summed E-state index contributed by atoms with van der Waals surface area (Å²) in [5.41, 5.74) is 24.2. The maximum absolute atomic E-state index is 2.58. The summed E-state index contributed by atoms with van der Waals surface area (Å²) in [4.78, 5) is 4.97. The van der Waals surface area contributed by atoms with Crippen LogP contribution in [-0.4, -0.2) is 0 Å². The Bertz CT molecular complexity index is 4060. The number of hydrogen-bond donors (Lipinski definition) is 0. The topological polar surface area (TPSA) is 6.48 Å². The molecule has 0 saturated heterocycles. The van der Waals surface area contributed by atoms with E-state index in [-0.39, 0.29) is 10.8 Å². The molecule has 0 N–H and O–H groups in total. The van der Waals surface area contributed by atoms with Crippen molar-refractivity contribution in [3.05, 3.63) is 289 Å². The van der Waals surface area contributed by atoms with Crippen LogP contribution < -0.4 is 9.80 Å². The molecule has 2 aliphatic rings. The molecule has 0 aromatic heterocycles. The molecule has 0 fully saturated rings. The van der Waals surface area contributed by atoms with Gasteiger partial charge in [-0.2, -0.15) is 0 Å². The Morgan fingerprint density at radius 2 is 0.645 bits per heavy atom. The monoisotopic (exact) mass is 972 g/mol. The first-order valence-electron chi connectivity index (χ1n) is 26.6. The molecular formula is C74H56N2. The molecule has 0 aliphatic carbocycles. The van der Waals surface area contributed by atoms with Crippen LogP contribution in [0.3, 0.4) is 0 Å². The van der Waals surface area contributed by atoms with Crippen molar-refractivity contribution in [2.45, 2.75) is 38.5 Å². The average molecular weight is 973 g/mol. The highest BCUT2D eigenvalue weighted by Crippen LogP contribution is 2.61. The highest BCUT2D eigenvalue weighted by molar-refractivity contribution is 6.00. The molecule has 12 aromatic carbocycles. The molecule has 14 rings (SSSR count). The van der Waals surface area contributed by atoms with Gasteiger partial charge in [-0.25, -0.2) is 0 Å². The van der Waals surface area contributed by atoms with E-state index in [0.29, 0.717) is 0 Å². The van der Waals surface area contributed by atoms with Gasteiger partial charge in [-0.15, -0.1) is 0 Å². The molecule has 0 spiro atoms. The van der Waals surface area contributed by atoms with E-state index < -0.39 is 0 Å². The van der Waals surface area contributed by atoms with Gasteiger partial charge in [0.1, 0.15) is 0 Å². The van der Waals surface area contributed by atoms with Gasteiger partial charge in [-0.3, -0.25) is 0 Å². The summed E-state index contributed by atoms with van der Waals surface area (Å²) in [6, 6.07) is 98.8. The molecule has 2 heterocycles. The summed E-state index contributed by atoms with van der Waals surface area (Å²) in [7, 11) is 0. The maximum atomic E-state index is 2.58. The quantitative estimate of drug-likeness (QED) is 0.150. The molecule has 0 unspecified atom stereocenters. The number of fused-ring (bicyclic) bond motifs is 6. The lowest BCUT2D eigenvalue weighted by atomic mass is 9.65. The fraction of sp³-hybridized carbons (Fsp3) is 0.0811. The third-order valence-electron chi connectivity index (χ3n) is 16.6. The molecule has 2 heteroatoms. The summed E-state index contributed by atoms with van der Waals surface area (Å²) in [6.45, 7) is 9.71. The minimum absolute atomic E-state index is 0.283. The van der Waals surface area contributed by atoms with E-state index in [4.69, 9.17) is 0 Å². The number of benzene rings is 12. The smallest absolute Gasteiger partial charge is 0.0544 e. The average Bonchev–Trinajstić information content (AvgIpc) is 3.64. The predicted octanol–water partition coefficient (Wildman–Crippen LogP) is 20.5. The molecule has 12 aromatic rings. The van der Waals surface area contributed by atoms with E-state index >= 15 is 0 Å². The molecule has 0 bridgehead atoms. The van der Waals surface area contributed by atoms with Crippen molar-refractivity contribution in [2.75, 3.05) is 9.80 Å². The normalized spacial score (nSPS) is 13.7. The third kappa shape index (κ3) is 7.47. The first-order chi connectivity index (χ1) is 37.2. The Labute approximate surface area is 446 Å². The fourth-order valence-electron chi connectivity index (χ4n) is 12.4. The van der Waals surface area contributed by atoms with Gasteiger partial charge in [0.25, 0.3) is 0 Å². The Balaban J connectivity index is 0.842. The maximum Gasteiger partial charge on any atom is 0.0544 e. The van der Waals surface area contributed by atoms with E-state index in [9.17, 15) is 0 Å². The second-order valence-corrected chi connectivity index (χ2v) is 21.8. The Kier molecular flexibility index (Phi) is 10.6. The first kappa shape index (κ1) is 45.4. The Morgan fingerprint density at radius 3 is 1.16 bits per heavy atom. The fourth-order valence-corrected chi connectivity index (χ4v) is 12.4. The molecule has 0 atom stereocenters. The van der Waals surface area contributed by atoms with E-state index in [1.165, 1.54) is 116 Å². The van der Waals surface area contributed by atoms with Gasteiger partial charge in [-0.1, -0.05) is 216 Å². The molecule has 0 saturated carbocycles. The van der Waals surface area contributed by atoms with Gasteiger partial charge in [0.05, 0.1) is 22.7 Å². The SMILES string of the molecule is CC1(C)c2cc(-c3ccccc3)ccc2N2c3ccc(-c4ccccc4)cc3C(C)(C)c3cc(-c4ccc5cc(-c6ccc(N(c7ccc(-c8ccccc8)cc7)c7cccc8ccccc78)cc6)ccc5c4)cc1c32. The summed E-state index contributed by atoms with van der Waals surface area (Å²) < 4.78 is 0. The van der Waals surface area contributed by atoms with Crippen LogP contribution in [0.5, 0.6) is 0 Å². The van der Waals surface area contributed by atoms with Crippen molar-refractivity contribution in [3.8, 4) is 55.6 Å². The second kappa shape index (κ2) is 17.7. The van der Waals surface area contributed by atoms with Crippen molar-refractivity contribution >= 4 is 55.7 Å². The van der Waals surface area contributed by atoms with Gasteiger partial charge in [-0.05, 0) is 173 Å². The Morgan fingerprint density at radius 1 is 0.276 bits per heavy atom. The molecule has 0 amide bonds. The predicted molar refractivity (Wildman–Crippen MR) is 322 cm³/mol. The summed E-state index contributed by atoms with van der Waals surface area (Å²) in [5, 5.41) is 4.87. The number of rotatable bonds is 8. The minimum Gasteiger partial charge on any atom is -0.310 e. The number of nitrogens with zero attached hydrogens (tertiary/aromatic N) is 2. The lowest BCUT2D eigenvalue weighted by molar-refractivity contribution is 0.598. The van der Waals surface area contributed by atoms with E-state index in [1.807, 2.05) is 0 Å². The molecule has 0 radical (unpaired) electrons. The third-order valence-corrected chi connectivity index (χ3v) is 16.6. The lowest BCUT2D eigenvalue weighted by Crippen LogP contribution is -2.38. The van der Waals surface area contributed by atoms with Crippen LogP contribution in [-0.2, 0) is 10.8 Å². The first-order valence-corrected chi connectivity index (χ1v) is 26.6. The van der Waals surface area contributed by atoms with E-state index in [1.54, 1.807) is 0 Å². The highest BCUT2D eigenvalue weighted by atomic mass is 15.2. The van der Waals surface area contributed by atoms with Crippen molar-refractivity contribution in [3.63, 3.8) is 0 Å². The van der Waals surface area contributed by atoms with E-state index in [2.05, 4.69) is 304 Å². The second-order valence-electron chi connectivity index (χ2n) is 21.8. The summed E-state index contributed by atoms with van der Waals surface area (Å²) in [5.74, 6) is 0. The van der Waals surface area contributed by atoms with Crippen molar-refractivity contribution in [2.24, 2.45) is 0 Å². The van der Waals surface area contributed by atoms with Crippen LogP contribution >= 0.6 is 0 Å². The van der Waals surface area contributed by atoms with Crippen molar-refractivity contribution in [1.82, 2.24) is 0 Å².